The van der Waals surface area contributed by atoms with Crippen molar-refractivity contribution in [3.63, 3.8) is 0 Å². The molecule has 1 aromatic rings. The first-order chi connectivity index (χ1) is 9.76. The molecule has 116 valence electrons. The molecule has 1 saturated heterocycles. The highest BCUT2D eigenvalue weighted by molar-refractivity contribution is 5.94. The fourth-order valence-electron chi connectivity index (χ4n) is 2.53. The summed E-state index contributed by atoms with van der Waals surface area (Å²) in [6, 6.07) is 4.12. The Balaban J connectivity index is 1.97. The SMILES string of the molecule is CC(C)(O)CN1CCN(C(=O)c2ccc(N)cc2F)CC1. The van der Waals surface area contributed by atoms with E-state index in [0.29, 0.717) is 38.4 Å². The van der Waals surface area contributed by atoms with Crippen molar-refractivity contribution in [3.05, 3.63) is 29.6 Å². The Morgan fingerprint density at radius 2 is 1.95 bits per heavy atom. The van der Waals surface area contributed by atoms with Crippen molar-refractivity contribution in [3.8, 4) is 0 Å². The van der Waals surface area contributed by atoms with E-state index in [4.69, 9.17) is 5.73 Å². The van der Waals surface area contributed by atoms with Crippen molar-refractivity contribution in [1.29, 1.82) is 0 Å². The van der Waals surface area contributed by atoms with E-state index < -0.39 is 11.4 Å². The number of hydrogen-bond acceptors (Lipinski definition) is 4. The Kier molecular flexibility index (Phi) is 4.49. The van der Waals surface area contributed by atoms with Gasteiger partial charge < -0.3 is 15.7 Å². The number of nitrogens with two attached hydrogens (primary N) is 1. The third kappa shape index (κ3) is 4.15. The van der Waals surface area contributed by atoms with Crippen LogP contribution in [0.2, 0.25) is 0 Å². The van der Waals surface area contributed by atoms with Crippen LogP contribution in [0.4, 0.5) is 10.1 Å². The lowest BCUT2D eigenvalue weighted by Gasteiger charge is -2.37. The van der Waals surface area contributed by atoms with Gasteiger partial charge in [-0.1, -0.05) is 0 Å². The fraction of sp³-hybridized carbons (Fsp3) is 0.533. The van der Waals surface area contributed by atoms with Crippen LogP contribution in [0.5, 0.6) is 0 Å². The number of β-amino-alcohol motifs (C(OH)–C–C–N with tert-alkyl or cyclic N) is 1. The van der Waals surface area contributed by atoms with Gasteiger partial charge in [0.05, 0.1) is 11.2 Å². The van der Waals surface area contributed by atoms with Crippen LogP contribution in [-0.4, -0.2) is 59.1 Å². The van der Waals surface area contributed by atoms with Crippen molar-refractivity contribution in [2.75, 3.05) is 38.5 Å². The van der Waals surface area contributed by atoms with E-state index >= 15 is 0 Å². The summed E-state index contributed by atoms with van der Waals surface area (Å²) < 4.78 is 13.8. The number of anilines is 1. The summed E-state index contributed by atoms with van der Waals surface area (Å²) in [6.07, 6.45) is 0. The van der Waals surface area contributed by atoms with Crippen LogP contribution in [0.25, 0.3) is 0 Å². The van der Waals surface area contributed by atoms with E-state index in [-0.39, 0.29) is 11.5 Å². The van der Waals surface area contributed by atoms with E-state index in [9.17, 15) is 14.3 Å². The highest BCUT2D eigenvalue weighted by atomic mass is 19.1. The molecule has 5 nitrogen and oxygen atoms in total. The molecule has 1 amide bonds. The minimum Gasteiger partial charge on any atom is -0.399 e. The number of benzene rings is 1. The van der Waals surface area contributed by atoms with Gasteiger partial charge in [0.1, 0.15) is 5.82 Å². The summed E-state index contributed by atoms with van der Waals surface area (Å²) >= 11 is 0. The number of nitrogen functional groups attached to an aromatic ring is 1. The third-order valence-corrected chi connectivity index (χ3v) is 3.49. The Morgan fingerprint density at radius 1 is 1.33 bits per heavy atom. The Morgan fingerprint density at radius 3 is 2.48 bits per heavy atom. The Hall–Kier alpha value is -1.66. The van der Waals surface area contributed by atoms with Gasteiger partial charge >= 0.3 is 0 Å². The lowest BCUT2D eigenvalue weighted by molar-refractivity contribution is 0.0178. The lowest BCUT2D eigenvalue weighted by atomic mass is 10.1. The summed E-state index contributed by atoms with van der Waals surface area (Å²) in [4.78, 5) is 16.0. The van der Waals surface area contributed by atoms with Crippen LogP contribution in [0.3, 0.4) is 0 Å². The molecule has 0 bridgehead atoms. The maximum atomic E-state index is 13.8. The summed E-state index contributed by atoms with van der Waals surface area (Å²) in [5.74, 6) is -0.894. The zero-order valence-corrected chi connectivity index (χ0v) is 12.5. The molecule has 0 aliphatic carbocycles. The number of amides is 1. The zero-order chi connectivity index (χ0) is 15.6. The molecule has 1 fully saturated rings. The molecule has 6 heteroatoms. The number of aliphatic hydroxyl groups is 1. The smallest absolute Gasteiger partial charge is 0.256 e. The van der Waals surface area contributed by atoms with Crippen molar-refractivity contribution in [1.82, 2.24) is 9.80 Å². The number of hydrogen-bond donors (Lipinski definition) is 2. The van der Waals surface area contributed by atoms with E-state index in [0.717, 1.165) is 6.07 Å². The van der Waals surface area contributed by atoms with Crippen LogP contribution >= 0.6 is 0 Å². The molecule has 1 heterocycles. The number of piperazine rings is 1. The van der Waals surface area contributed by atoms with E-state index in [2.05, 4.69) is 4.90 Å². The molecular weight excluding hydrogens is 273 g/mol. The average molecular weight is 295 g/mol. The molecule has 0 radical (unpaired) electrons. The van der Waals surface area contributed by atoms with Gasteiger partial charge in [0.25, 0.3) is 5.91 Å². The van der Waals surface area contributed by atoms with Crippen LogP contribution < -0.4 is 5.73 Å². The highest BCUT2D eigenvalue weighted by Gasteiger charge is 2.26. The zero-order valence-electron chi connectivity index (χ0n) is 12.5. The van der Waals surface area contributed by atoms with E-state index in [1.165, 1.54) is 12.1 Å². The van der Waals surface area contributed by atoms with E-state index in [1.807, 2.05) is 0 Å². The topological polar surface area (TPSA) is 69.8 Å². The molecule has 0 saturated carbocycles. The maximum absolute atomic E-state index is 13.8. The molecule has 0 spiro atoms. The number of nitrogens with zero attached hydrogens (tertiary/aromatic N) is 2. The largest absolute Gasteiger partial charge is 0.399 e. The molecule has 0 aromatic heterocycles. The Labute approximate surface area is 124 Å². The first-order valence-corrected chi connectivity index (χ1v) is 7.05. The van der Waals surface area contributed by atoms with Gasteiger partial charge in [-0.2, -0.15) is 0 Å². The lowest BCUT2D eigenvalue weighted by Crippen LogP contribution is -2.52. The number of rotatable bonds is 3. The van der Waals surface area contributed by atoms with Gasteiger partial charge in [0, 0.05) is 38.4 Å². The van der Waals surface area contributed by atoms with Gasteiger partial charge in [0.15, 0.2) is 0 Å². The molecule has 1 aromatic carbocycles. The van der Waals surface area contributed by atoms with Crippen molar-refractivity contribution >= 4 is 11.6 Å². The van der Waals surface area contributed by atoms with Crippen LogP contribution in [-0.2, 0) is 0 Å². The molecule has 1 aliphatic rings. The monoisotopic (exact) mass is 295 g/mol. The molecule has 0 unspecified atom stereocenters. The van der Waals surface area contributed by atoms with Gasteiger partial charge in [-0.15, -0.1) is 0 Å². The molecule has 1 aliphatic heterocycles. The predicted octanol–water partition coefficient (Wildman–Crippen LogP) is 0.937. The quantitative estimate of drug-likeness (QED) is 0.814. The second kappa shape index (κ2) is 5.99. The first kappa shape index (κ1) is 15.7. The third-order valence-electron chi connectivity index (χ3n) is 3.49. The summed E-state index contributed by atoms with van der Waals surface area (Å²) in [5, 5.41) is 9.80. The summed E-state index contributed by atoms with van der Waals surface area (Å²) in [6.45, 7) is 6.48. The van der Waals surface area contributed by atoms with Crippen molar-refractivity contribution in [2.24, 2.45) is 0 Å². The standard InChI is InChI=1S/C15H22FN3O2/c1-15(2,21)10-18-5-7-19(8-6-18)14(20)12-4-3-11(17)9-13(12)16/h3-4,9,21H,5-8,10,17H2,1-2H3. The number of halogens is 1. The summed E-state index contributed by atoms with van der Waals surface area (Å²) in [5.41, 5.74) is 5.09. The van der Waals surface area contributed by atoms with Gasteiger partial charge in [-0.05, 0) is 32.0 Å². The minimum absolute atomic E-state index is 0.0557. The second-order valence-corrected chi connectivity index (χ2v) is 6.12. The normalized spacial score (nSPS) is 17.0. The summed E-state index contributed by atoms with van der Waals surface area (Å²) in [7, 11) is 0. The minimum atomic E-state index is -0.755. The van der Waals surface area contributed by atoms with Crippen LogP contribution in [0.1, 0.15) is 24.2 Å². The molecular formula is C15H22FN3O2. The van der Waals surface area contributed by atoms with Crippen LogP contribution in [0, 0.1) is 5.82 Å². The average Bonchev–Trinajstić information content (AvgIpc) is 2.37. The fourth-order valence-corrected chi connectivity index (χ4v) is 2.53. The number of carbonyl (C=O) groups excluding carboxylic acids is 1. The molecule has 2 rings (SSSR count). The first-order valence-electron chi connectivity index (χ1n) is 7.05. The van der Waals surface area contributed by atoms with E-state index in [1.54, 1.807) is 18.7 Å². The molecule has 21 heavy (non-hydrogen) atoms. The highest BCUT2D eigenvalue weighted by Crippen LogP contribution is 2.16. The van der Waals surface area contributed by atoms with Crippen molar-refractivity contribution < 1.29 is 14.3 Å². The van der Waals surface area contributed by atoms with Gasteiger partial charge in [-0.3, -0.25) is 9.69 Å². The Bertz CT molecular complexity index is 520. The van der Waals surface area contributed by atoms with Crippen LogP contribution in [0.15, 0.2) is 18.2 Å². The molecule has 0 atom stereocenters. The number of carbonyl (C=O) groups is 1. The van der Waals surface area contributed by atoms with Gasteiger partial charge in [-0.25, -0.2) is 4.39 Å². The molecule has 3 N–H and O–H groups in total. The van der Waals surface area contributed by atoms with Crippen molar-refractivity contribution in [2.45, 2.75) is 19.4 Å². The second-order valence-electron chi connectivity index (χ2n) is 6.12. The predicted molar refractivity (Wildman–Crippen MR) is 79.5 cm³/mol. The van der Waals surface area contributed by atoms with Gasteiger partial charge in [0.2, 0.25) is 0 Å². The maximum Gasteiger partial charge on any atom is 0.256 e.